The van der Waals surface area contributed by atoms with Crippen molar-refractivity contribution in [2.75, 3.05) is 14.1 Å². The van der Waals surface area contributed by atoms with E-state index in [2.05, 4.69) is 0 Å². The fraction of sp³-hybridized carbons (Fsp3) is 0.190. The molecule has 0 aliphatic heterocycles. The Morgan fingerprint density at radius 2 is 1.41 bits per heavy atom. The number of amides is 1. The van der Waals surface area contributed by atoms with Crippen molar-refractivity contribution >= 4 is 29.0 Å². The van der Waals surface area contributed by atoms with Gasteiger partial charge in [0.1, 0.15) is 11.6 Å². The largest absolute Gasteiger partial charge is 0.420 e. The average Bonchev–Trinajstić information content (AvgIpc) is 2.72. The van der Waals surface area contributed by atoms with Gasteiger partial charge in [-0.2, -0.15) is 5.26 Å². The Morgan fingerprint density at radius 3 is 1.84 bits per heavy atom. The molecule has 0 saturated carbocycles. The summed E-state index contributed by atoms with van der Waals surface area (Å²) in [5.41, 5.74) is -1.45. The molecule has 2 aromatic carbocycles. The van der Waals surface area contributed by atoms with Crippen LogP contribution in [0.1, 0.15) is 27.0 Å². The van der Waals surface area contributed by atoms with Crippen LogP contribution in [-0.2, 0) is 9.53 Å². The molecule has 11 heteroatoms. The number of nitriles is 1. The number of nitro groups is 2. The van der Waals surface area contributed by atoms with Gasteiger partial charge >= 0.3 is 5.97 Å². The lowest BCUT2D eigenvalue weighted by Gasteiger charge is -2.15. The fourth-order valence-electron chi connectivity index (χ4n) is 2.76. The van der Waals surface area contributed by atoms with Gasteiger partial charge in [-0.05, 0) is 37.1 Å². The van der Waals surface area contributed by atoms with Gasteiger partial charge in [0.15, 0.2) is 11.3 Å². The molecule has 0 saturated heterocycles. The molecule has 11 nitrogen and oxygen atoms in total. The highest BCUT2D eigenvalue weighted by atomic mass is 16.6. The highest BCUT2D eigenvalue weighted by Gasteiger charge is 2.30. The Labute approximate surface area is 182 Å². The van der Waals surface area contributed by atoms with Crippen molar-refractivity contribution in [1.82, 2.24) is 4.90 Å². The zero-order valence-corrected chi connectivity index (χ0v) is 17.6. The van der Waals surface area contributed by atoms with Gasteiger partial charge in [0.05, 0.1) is 15.4 Å². The lowest BCUT2D eigenvalue weighted by Crippen LogP contribution is -2.25. The number of ether oxygens (including phenoxy) is 1. The summed E-state index contributed by atoms with van der Waals surface area (Å²) in [4.78, 5) is 47.9. The third-order valence-corrected chi connectivity index (χ3v) is 4.32. The van der Waals surface area contributed by atoms with Gasteiger partial charge in [0.2, 0.25) is 0 Å². The molecule has 0 bridgehead atoms. The monoisotopic (exact) mass is 438 g/mol. The molecule has 0 unspecified atom stereocenters. The summed E-state index contributed by atoms with van der Waals surface area (Å²) in [5.74, 6) is -2.79. The molecule has 0 aliphatic rings. The van der Waals surface area contributed by atoms with Crippen LogP contribution >= 0.6 is 0 Å². The van der Waals surface area contributed by atoms with Crippen LogP contribution in [0.4, 0.5) is 11.4 Å². The van der Waals surface area contributed by atoms with Crippen molar-refractivity contribution in [3.05, 3.63) is 84.5 Å². The maximum Gasteiger partial charge on any atom is 0.350 e. The topological polar surface area (TPSA) is 157 Å². The van der Waals surface area contributed by atoms with Crippen LogP contribution in [0.3, 0.4) is 0 Å². The van der Waals surface area contributed by atoms with E-state index in [1.54, 1.807) is 19.9 Å². The first kappa shape index (κ1) is 23.7. The summed E-state index contributed by atoms with van der Waals surface area (Å²) >= 11 is 0. The van der Waals surface area contributed by atoms with Crippen molar-refractivity contribution in [3.8, 4) is 6.07 Å². The number of hydrogen-bond donors (Lipinski definition) is 0. The predicted octanol–water partition coefficient (Wildman–Crippen LogP) is 3.30. The summed E-state index contributed by atoms with van der Waals surface area (Å²) in [6.07, 6.45) is 0. The second kappa shape index (κ2) is 9.48. The summed E-state index contributed by atoms with van der Waals surface area (Å²) < 4.78 is 5.27. The Hall–Kier alpha value is -4.59. The van der Waals surface area contributed by atoms with Crippen molar-refractivity contribution in [2.45, 2.75) is 13.8 Å². The molecule has 32 heavy (non-hydrogen) atoms. The Balaban J connectivity index is 2.77. The van der Waals surface area contributed by atoms with Gasteiger partial charge in [-0.3, -0.25) is 25.0 Å². The molecule has 0 radical (unpaired) electrons. The smallest absolute Gasteiger partial charge is 0.350 e. The number of nitrogens with zero attached hydrogens (tertiary/aromatic N) is 4. The van der Waals surface area contributed by atoms with Crippen molar-refractivity contribution < 1.29 is 24.2 Å². The molecule has 2 rings (SSSR count). The van der Waals surface area contributed by atoms with Crippen LogP contribution in [0.15, 0.2) is 42.0 Å². The number of hydrogen-bond acceptors (Lipinski definition) is 8. The zero-order chi connectivity index (χ0) is 24.2. The van der Waals surface area contributed by atoms with Crippen LogP contribution in [0.5, 0.6) is 0 Å². The van der Waals surface area contributed by atoms with E-state index in [4.69, 9.17) is 4.74 Å². The predicted molar refractivity (Wildman–Crippen MR) is 112 cm³/mol. The number of carbonyl (C=O) groups is 2. The molecular formula is C21H18N4O7. The quantitative estimate of drug-likeness (QED) is 0.166. The molecule has 0 spiro atoms. The lowest BCUT2D eigenvalue weighted by molar-refractivity contribution is -0.385. The number of rotatable bonds is 6. The summed E-state index contributed by atoms with van der Waals surface area (Å²) in [5, 5.41) is 32.6. The van der Waals surface area contributed by atoms with Crippen molar-refractivity contribution in [3.63, 3.8) is 0 Å². The highest BCUT2D eigenvalue weighted by molar-refractivity contribution is 6.07. The average molecular weight is 438 g/mol. The molecule has 164 valence electrons. The van der Waals surface area contributed by atoms with Gasteiger partial charge in [-0.25, -0.2) is 4.79 Å². The van der Waals surface area contributed by atoms with Gasteiger partial charge in [-0.15, -0.1) is 0 Å². The molecule has 0 heterocycles. The fourth-order valence-corrected chi connectivity index (χ4v) is 2.76. The highest BCUT2D eigenvalue weighted by Crippen LogP contribution is 2.32. The van der Waals surface area contributed by atoms with E-state index in [0.29, 0.717) is 11.1 Å². The van der Waals surface area contributed by atoms with E-state index >= 15 is 0 Å². The van der Waals surface area contributed by atoms with Crippen LogP contribution in [0, 0.1) is 45.4 Å². The molecule has 0 aromatic heterocycles. The normalized spacial score (nSPS) is 11.1. The molecular weight excluding hydrogens is 420 g/mol. The number of benzene rings is 2. The molecule has 2 aromatic rings. The first-order valence-electron chi connectivity index (χ1n) is 9.06. The van der Waals surface area contributed by atoms with Crippen LogP contribution < -0.4 is 0 Å². The number of esters is 1. The Bertz CT molecular complexity index is 1210. The van der Waals surface area contributed by atoms with E-state index in [0.717, 1.165) is 17.0 Å². The van der Waals surface area contributed by atoms with Crippen LogP contribution in [0.25, 0.3) is 5.76 Å². The van der Waals surface area contributed by atoms with Crippen LogP contribution in [-0.4, -0.2) is 40.7 Å². The lowest BCUT2D eigenvalue weighted by atomic mass is 10.0. The third-order valence-electron chi connectivity index (χ3n) is 4.32. The van der Waals surface area contributed by atoms with Crippen LogP contribution in [0.2, 0.25) is 0 Å². The summed E-state index contributed by atoms with van der Waals surface area (Å²) in [7, 11) is 2.68. The maximum atomic E-state index is 12.9. The Kier molecular flexibility index (Phi) is 7.02. The maximum absolute atomic E-state index is 12.9. The first-order valence-corrected chi connectivity index (χ1v) is 9.06. The van der Waals surface area contributed by atoms with Crippen molar-refractivity contribution in [1.29, 1.82) is 5.26 Å². The minimum Gasteiger partial charge on any atom is -0.420 e. The van der Waals surface area contributed by atoms with Gasteiger partial charge in [0.25, 0.3) is 17.3 Å². The number of aryl methyl sites for hydroxylation is 2. The van der Waals surface area contributed by atoms with E-state index < -0.39 is 50.0 Å². The Morgan fingerprint density at radius 1 is 0.938 bits per heavy atom. The van der Waals surface area contributed by atoms with E-state index in [1.807, 2.05) is 0 Å². The number of nitro benzene ring substituents is 2. The third kappa shape index (κ3) is 4.93. The van der Waals surface area contributed by atoms with Gasteiger partial charge < -0.3 is 9.64 Å². The van der Waals surface area contributed by atoms with Crippen molar-refractivity contribution in [2.24, 2.45) is 0 Å². The minimum atomic E-state index is -1.25. The number of likely N-dealkylation sites (N-methyl/N-ethyl adjacent to an activating group) is 1. The molecule has 0 atom stereocenters. The standard InChI is InChI=1S/C21H18N4O7/c1-12-5-7-14(17(9-12)24(28)29)19(16(11-22)20(26)23(3)4)32-21(27)15-8-6-13(2)10-18(15)25(30)31/h5-10H,1-4H3/b19-16-. The van der Waals surface area contributed by atoms with Gasteiger partial charge in [-0.1, -0.05) is 12.1 Å². The molecule has 1 amide bonds. The molecule has 0 aliphatic carbocycles. The van der Waals surface area contributed by atoms with E-state index in [-0.39, 0.29) is 5.56 Å². The molecule has 0 fully saturated rings. The first-order chi connectivity index (χ1) is 15.0. The molecule has 0 N–H and O–H groups in total. The second-order valence-electron chi connectivity index (χ2n) is 6.96. The summed E-state index contributed by atoms with van der Waals surface area (Å²) in [6.45, 7) is 3.19. The van der Waals surface area contributed by atoms with E-state index in [9.17, 15) is 35.1 Å². The zero-order valence-electron chi connectivity index (χ0n) is 17.6. The van der Waals surface area contributed by atoms with Gasteiger partial charge in [0, 0.05) is 26.2 Å². The SMILES string of the molecule is Cc1ccc(C(=O)O/C(=C(/C#N)C(=O)N(C)C)c2ccc(C)cc2[N+](=O)[O-])c([N+](=O)[O-])c1. The summed E-state index contributed by atoms with van der Waals surface area (Å²) in [6, 6.07) is 9.28. The number of carbonyl (C=O) groups excluding carboxylic acids is 2. The second-order valence-corrected chi connectivity index (χ2v) is 6.96. The van der Waals surface area contributed by atoms with E-state index in [1.165, 1.54) is 38.4 Å². The minimum absolute atomic E-state index is 0.296.